The summed E-state index contributed by atoms with van der Waals surface area (Å²) in [4.78, 5) is 0. The Labute approximate surface area is 107 Å². The number of hydrogen-bond donors (Lipinski definition) is 0. The number of alkyl halides is 1. The molecule has 1 atom stereocenters. The van der Waals surface area contributed by atoms with Crippen molar-refractivity contribution in [3.8, 4) is 0 Å². The molecule has 0 aliphatic heterocycles. The molecule has 3 heteroatoms. The Hall–Kier alpha value is 0.0900. The molecule has 84 valence electrons. The van der Waals surface area contributed by atoms with Crippen LogP contribution in [0, 0.1) is 5.92 Å². The Balaban J connectivity index is 2.58. The first-order chi connectivity index (χ1) is 7.00. The molecule has 0 bridgehead atoms. The molecule has 0 saturated carbocycles. The van der Waals surface area contributed by atoms with Gasteiger partial charge < -0.3 is 0 Å². The predicted octanol–water partition coefficient (Wildman–Crippen LogP) is 5.19. The molecular formula is C12H15Cl3. The van der Waals surface area contributed by atoms with Crippen molar-refractivity contribution in [2.45, 2.75) is 32.1 Å². The zero-order valence-corrected chi connectivity index (χ0v) is 11.2. The molecule has 0 aromatic heterocycles. The standard InChI is InChI=1S/C12H15Cl3/c1-8(2)11(14)6-4-9-3-5-10(13)7-12(9)15/h3,5,7-8,11H,4,6H2,1-2H3. The van der Waals surface area contributed by atoms with Gasteiger partial charge in [0.05, 0.1) is 0 Å². The van der Waals surface area contributed by atoms with E-state index in [1.54, 1.807) is 6.07 Å². The Kier molecular flexibility index (Phi) is 5.25. The zero-order valence-electron chi connectivity index (χ0n) is 8.93. The normalized spacial score (nSPS) is 13.2. The van der Waals surface area contributed by atoms with Crippen LogP contribution in [0.15, 0.2) is 18.2 Å². The lowest BCUT2D eigenvalue weighted by molar-refractivity contribution is 0.565. The first kappa shape index (κ1) is 13.2. The van der Waals surface area contributed by atoms with E-state index in [-0.39, 0.29) is 5.38 Å². The maximum absolute atomic E-state index is 6.18. The Morgan fingerprint density at radius 3 is 2.40 bits per heavy atom. The molecule has 1 aromatic carbocycles. The maximum atomic E-state index is 6.18. The number of hydrogen-bond acceptors (Lipinski definition) is 0. The summed E-state index contributed by atoms with van der Waals surface area (Å²) < 4.78 is 0. The van der Waals surface area contributed by atoms with E-state index in [0.717, 1.165) is 23.4 Å². The summed E-state index contributed by atoms with van der Waals surface area (Å²) in [6.07, 6.45) is 1.85. The summed E-state index contributed by atoms with van der Waals surface area (Å²) in [7, 11) is 0. The molecule has 0 nitrogen and oxygen atoms in total. The van der Waals surface area contributed by atoms with E-state index in [1.807, 2.05) is 12.1 Å². The quantitative estimate of drug-likeness (QED) is 0.657. The highest BCUT2D eigenvalue weighted by Crippen LogP contribution is 2.24. The van der Waals surface area contributed by atoms with Gasteiger partial charge in [-0.1, -0.05) is 43.1 Å². The number of benzene rings is 1. The minimum Gasteiger partial charge on any atom is -0.123 e. The fraction of sp³-hybridized carbons (Fsp3) is 0.500. The van der Waals surface area contributed by atoms with E-state index in [2.05, 4.69) is 13.8 Å². The molecule has 15 heavy (non-hydrogen) atoms. The van der Waals surface area contributed by atoms with Gasteiger partial charge in [-0.05, 0) is 36.5 Å². The highest BCUT2D eigenvalue weighted by Gasteiger charge is 2.10. The minimum atomic E-state index is 0.205. The first-order valence-electron chi connectivity index (χ1n) is 5.08. The van der Waals surface area contributed by atoms with Crippen LogP contribution in [0.25, 0.3) is 0 Å². The van der Waals surface area contributed by atoms with Crippen LogP contribution in [0.4, 0.5) is 0 Å². The highest BCUT2D eigenvalue weighted by atomic mass is 35.5. The van der Waals surface area contributed by atoms with Crippen molar-refractivity contribution in [1.82, 2.24) is 0 Å². The fourth-order valence-corrected chi connectivity index (χ4v) is 1.96. The molecule has 0 aliphatic rings. The fourth-order valence-electron chi connectivity index (χ4n) is 1.35. The van der Waals surface area contributed by atoms with Crippen molar-refractivity contribution in [2.75, 3.05) is 0 Å². The minimum absolute atomic E-state index is 0.205. The van der Waals surface area contributed by atoms with E-state index < -0.39 is 0 Å². The van der Waals surface area contributed by atoms with Crippen LogP contribution >= 0.6 is 34.8 Å². The maximum Gasteiger partial charge on any atom is 0.0452 e. The predicted molar refractivity (Wildman–Crippen MR) is 69.3 cm³/mol. The van der Waals surface area contributed by atoms with E-state index in [0.29, 0.717) is 10.9 Å². The molecule has 1 rings (SSSR count). The second-order valence-corrected chi connectivity index (χ2v) is 5.44. The summed E-state index contributed by atoms with van der Waals surface area (Å²) in [6, 6.07) is 5.60. The van der Waals surface area contributed by atoms with Gasteiger partial charge in [0.25, 0.3) is 0 Å². The smallest absolute Gasteiger partial charge is 0.0452 e. The van der Waals surface area contributed by atoms with Crippen molar-refractivity contribution in [3.05, 3.63) is 33.8 Å². The number of rotatable bonds is 4. The van der Waals surface area contributed by atoms with Gasteiger partial charge in [-0.25, -0.2) is 0 Å². The third-order valence-electron chi connectivity index (χ3n) is 2.43. The van der Waals surface area contributed by atoms with Gasteiger partial charge in [0.1, 0.15) is 0 Å². The number of aryl methyl sites for hydroxylation is 1. The van der Waals surface area contributed by atoms with Gasteiger partial charge in [-0.15, -0.1) is 11.6 Å². The van der Waals surface area contributed by atoms with Crippen LogP contribution in [0.5, 0.6) is 0 Å². The summed E-state index contributed by atoms with van der Waals surface area (Å²) in [6.45, 7) is 4.25. The van der Waals surface area contributed by atoms with E-state index in [9.17, 15) is 0 Å². The Morgan fingerprint density at radius 1 is 1.20 bits per heavy atom. The third kappa shape index (κ3) is 4.22. The van der Waals surface area contributed by atoms with Gasteiger partial charge >= 0.3 is 0 Å². The summed E-state index contributed by atoms with van der Waals surface area (Å²) >= 11 is 18.1. The second-order valence-electron chi connectivity index (χ2n) is 4.03. The van der Waals surface area contributed by atoms with Crippen molar-refractivity contribution in [2.24, 2.45) is 5.92 Å². The Bertz CT molecular complexity index is 321. The highest BCUT2D eigenvalue weighted by molar-refractivity contribution is 6.35. The molecule has 0 fully saturated rings. The average Bonchev–Trinajstić information content (AvgIpc) is 2.15. The van der Waals surface area contributed by atoms with Gasteiger partial charge in [0, 0.05) is 15.4 Å². The molecule has 0 aliphatic carbocycles. The molecule has 0 N–H and O–H groups in total. The zero-order chi connectivity index (χ0) is 11.4. The lowest BCUT2D eigenvalue weighted by Crippen LogP contribution is -2.08. The number of halogens is 3. The Morgan fingerprint density at radius 2 is 1.87 bits per heavy atom. The summed E-state index contributed by atoms with van der Waals surface area (Å²) in [5.74, 6) is 0.498. The van der Waals surface area contributed by atoms with Crippen molar-refractivity contribution in [1.29, 1.82) is 0 Å². The molecule has 0 saturated heterocycles. The monoisotopic (exact) mass is 264 g/mol. The van der Waals surface area contributed by atoms with Crippen LogP contribution < -0.4 is 0 Å². The molecule has 0 spiro atoms. The molecule has 0 heterocycles. The molecule has 0 amide bonds. The lowest BCUT2D eigenvalue weighted by atomic mass is 10.0. The molecular weight excluding hydrogens is 250 g/mol. The topological polar surface area (TPSA) is 0 Å². The lowest BCUT2D eigenvalue weighted by Gasteiger charge is -2.13. The van der Waals surface area contributed by atoms with Gasteiger partial charge in [-0.3, -0.25) is 0 Å². The van der Waals surface area contributed by atoms with Crippen LogP contribution in [0.3, 0.4) is 0 Å². The van der Waals surface area contributed by atoms with Gasteiger partial charge in [0.2, 0.25) is 0 Å². The first-order valence-corrected chi connectivity index (χ1v) is 6.28. The molecule has 1 aromatic rings. The van der Waals surface area contributed by atoms with E-state index in [1.165, 1.54) is 0 Å². The van der Waals surface area contributed by atoms with Crippen LogP contribution in [0.2, 0.25) is 10.0 Å². The molecule has 0 radical (unpaired) electrons. The van der Waals surface area contributed by atoms with Crippen LogP contribution in [-0.4, -0.2) is 5.38 Å². The van der Waals surface area contributed by atoms with Gasteiger partial charge in [-0.2, -0.15) is 0 Å². The van der Waals surface area contributed by atoms with E-state index in [4.69, 9.17) is 34.8 Å². The molecule has 1 unspecified atom stereocenters. The van der Waals surface area contributed by atoms with Crippen molar-refractivity contribution < 1.29 is 0 Å². The van der Waals surface area contributed by atoms with E-state index >= 15 is 0 Å². The summed E-state index contributed by atoms with van der Waals surface area (Å²) in [5, 5.41) is 1.61. The van der Waals surface area contributed by atoms with Crippen molar-refractivity contribution >= 4 is 34.8 Å². The van der Waals surface area contributed by atoms with Crippen LogP contribution in [-0.2, 0) is 6.42 Å². The van der Waals surface area contributed by atoms with Crippen LogP contribution in [0.1, 0.15) is 25.8 Å². The van der Waals surface area contributed by atoms with Gasteiger partial charge in [0.15, 0.2) is 0 Å². The van der Waals surface area contributed by atoms with Crippen molar-refractivity contribution in [3.63, 3.8) is 0 Å². The average molecular weight is 266 g/mol. The third-order valence-corrected chi connectivity index (χ3v) is 3.74. The summed E-state index contributed by atoms with van der Waals surface area (Å²) in [5.41, 5.74) is 1.12. The SMILES string of the molecule is CC(C)C(Cl)CCc1ccc(Cl)cc1Cl. The second kappa shape index (κ2) is 5.98. The largest absolute Gasteiger partial charge is 0.123 e.